The van der Waals surface area contributed by atoms with Crippen molar-refractivity contribution in [1.82, 2.24) is 0 Å². The van der Waals surface area contributed by atoms with Crippen molar-refractivity contribution < 1.29 is 13.6 Å². The Morgan fingerprint density at radius 3 is 1.33 bits per heavy atom. The first-order valence-electron chi connectivity index (χ1n) is 11.6. The van der Waals surface area contributed by atoms with Gasteiger partial charge in [-0.3, -0.25) is 4.79 Å². The number of ketones is 1. The van der Waals surface area contributed by atoms with Gasteiger partial charge in [0.25, 0.3) is 0 Å². The van der Waals surface area contributed by atoms with Crippen molar-refractivity contribution in [3.8, 4) is 0 Å². The Kier molecular flexibility index (Phi) is 6.97. The standard InChI is InChI=1S/C27H32F2O/c28-23-13-9-21(10-14-23)26(19-5-1-2-6-19)17-25(30)18-27(20-7-3-4-8-20)22-11-15-24(29)16-12-22/h9-16,19-20,26-27H,1-8,17-18H2/t26-,27-/m1/s1. The lowest BCUT2D eigenvalue weighted by molar-refractivity contribution is -0.120. The summed E-state index contributed by atoms with van der Waals surface area (Å²) in [5.41, 5.74) is 2.19. The number of benzene rings is 2. The molecule has 0 unspecified atom stereocenters. The molecule has 4 rings (SSSR count). The van der Waals surface area contributed by atoms with Gasteiger partial charge in [0, 0.05) is 12.8 Å². The molecule has 0 spiro atoms. The van der Waals surface area contributed by atoms with E-state index in [1.165, 1.54) is 49.9 Å². The molecular formula is C27H32F2O. The first-order chi connectivity index (χ1) is 14.6. The zero-order chi connectivity index (χ0) is 20.9. The molecule has 0 N–H and O–H groups in total. The highest BCUT2D eigenvalue weighted by atomic mass is 19.1. The molecule has 160 valence electrons. The number of rotatable bonds is 8. The van der Waals surface area contributed by atoms with Gasteiger partial charge >= 0.3 is 0 Å². The third kappa shape index (κ3) is 5.17. The highest BCUT2D eigenvalue weighted by Crippen LogP contribution is 2.43. The van der Waals surface area contributed by atoms with Gasteiger partial charge in [-0.05, 0) is 84.7 Å². The molecule has 1 nitrogen and oxygen atoms in total. The number of hydrogen-bond acceptors (Lipinski definition) is 1. The average molecular weight is 411 g/mol. The smallest absolute Gasteiger partial charge is 0.134 e. The third-order valence-electron chi connectivity index (χ3n) is 7.43. The predicted molar refractivity (Wildman–Crippen MR) is 116 cm³/mol. The van der Waals surface area contributed by atoms with Crippen LogP contribution in [-0.2, 0) is 4.79 Å². The lowest BCUT2D eigenvalue weighted by Crippen LogP contribution is -2.19. The number of carbonyl (C=O) groups excluding carboxylic acids is 1. The monoisotopic (exact) mass is 410 g/mol. The fourth-order valence-electron chi connectivity index (χ4n) is 5.83. The number of Topliss-reactive ketones (excluding diaryl/α,β-unsaturated/α-hetero) is 1. The lowest BCUT2D eigenvalue weighted by Gasteiger charge is -2.27. The number of halogens is 2. The summed E-state index contributed by atoms with van der Waals surface area (Å²) in [4.78, 5) is 13.3. The Labute approximate surface area is 178 Å². The van der Waals surface area contributed by atoms with Gasteiger partial charge in [0.2, 0.25) is 0 Å². The van der Waals surface area contributed by atoms with Gasteiger partial charge in [0.05, 0.1) is 0 Å². The molecule has 0 heterocycles. The van der Waals surface area contributed by atoms with E-state index in [1.54, 1.807) is 0 Å². The molecule has 0 aromatic heterocycles. The van der Waals surface area contributed by atoms with Crippen LogP contribution >= 0.6 is 0 Å². The van der Waals surface area contributed by atoms with E-state index in [4.69, 9.17) is 0 Å². The summed E-state index contributed by atoms with van der Waals surface area (Å²) < 4.78 is 26.9. The highest BCUT2D eigenvalue weighted by molar-refractivity contribution is 5.80. The second-order valence-electron chi connectivity index (χ2n) is 9.35. The molecule has 2 aliphatic carbocycles. The predicted octanol–water partition coefficient (Wildman–Crippen LogP) is 7.56. The summed E-state index contributed by atoms with van der Waals surface area (Å²) in [6.45, 7) is 0. The molecule has 0 radical (unpaired) electrons. The first-order valence-corrected chi connectivity index (χ1v) is 11.6. The van der Waals surface area contributed by atoms with Gasteiger partial charge in [-0.25, -0.2) is 8.78 Å². The second kappa shape index (κ2) is 9.85. The molecule has 0 aliphatic heterocycles. The van der Waals surface area contributed by atoms with Crippen molar-refractivity contribution >= 4 is 5.78 Å². The SMILES string of the molecule is O=C(C[C@@H](c1ccc(F)cc1)C1CCCC1)C[C@@H](c1ccc(F)cc1)C1CCCC1. The van der Waals surface area contributed by atoms with E-state index in [0.29, 0.717) is 24.7 Å². The van der Waals surface area contributed by atoms with Crippen molar-refractivity contribution in [3.63, 3.8) is 0 Å². The summed E-state index contributed by atoms with van der Waals surface area (Å²) in [7, 11) is 0. The quantitative estimate of drug-likeness (QED) is 0.439. The Hall–Kier alpha value is -2.03. The summed E-state index contributed by atoms with van der Waals surface area (Å²) in [6.07, 6.45) is 10.5. The minimum Gasteiger partial charge on any atom is -0.300 e. The molecule has 0 saturated heterocycles. The van der Waals surface area contributed by atoms with Crippen molar-refractivity contribution in [2.45, 2.75) is 76.0 Å². The first kappa shape index (κ1) is 21.2. The van der Waals surface area contributed by atoms with E-state index in [1.807, 2.05) is 24.3 Å². The van der Waals surface area contributed by atoms with Crippen LogP contribution in [0.4, 0.5) is 8.78 Å². The normalized spacial score (nSPS) is 19.8. The molecule has 2 atom stereocenters. The van der Waals surface area contributed by atoms with Crippen LogP contribution in [0.5, 0.6) is 0 Å². The minimum absolute atomic E-state index is 0.179. The largest absolute Gasteiger partial charge is 0.300 e. The molecular weight excluding hydrogens is 378 g/mol. The van der Waals surface area contributed by atoms with Crippen LogP contribution in [0.2, 0.25) is 0 Å². The van der Waals surface area contributed by atoms with Crippen LogP contribution in [0.15, 0.2) is 48.5 Å². The summed E-state index contributed by atoms with van der Waals surface area (Å²) in [5, 5.41) is 0. The molecule has 2 aliphatic rings. The fraction of sp³-hybridized carbons (Fsp3) is 0.519. The summed E-state index contributed by atoms with van der Waals surface area (Å²) >= 11 is 0. The van der Waals surface area contributed by atoms with Crippen LogP contribution in [0.25, 0.3) is 0 Å². The van der Waals surface area contributed by atoms with E-state index in [0.717, 1.165) is 36.8 Å². The molecule has 0 bridgehead atoms. The van der Waals surface area contributed by atoms with Crippen LogP contribution in [-0.4, -0.2) is 5.78 Å². The molecule has 3 heteroatoms. The second-order valence-corrected chi connectivity index (χ2v) is 9.35. The van der Waals surface area contributed by atoms with Gasteiger partial charge in [-0.15, -0.1) is 0 Å². The van der Waals surface area contributed by atoms with Crippen molar-refractivity contribution in [3.05, 3.63) is 71.3 Å². The molecule has 30 heavy (non-hydrogen) atoms. The van der Waals surface area contributed by atoms with Gasteiger partial charge < -0.3 is 0 Å². The maximum absolute atomic E-state index is 13.5. The summed E-state index contributed by atoms with van der Waals surface area (Å²) in [5.74, 6) is 1.21. The molecule has 2 aromatic rings. The van der Waals surface area contributed by atoms with E-state index >= 15 is 0 Å². The highest BCUT2D eigenvalue weighted by Gasteiger charge is 2.32. The van der Waals surface area contributed by atoms with E-state index < -0.39 is 0 Å². The van der Waals surface area contributed by atoms with E-state index in [2.05, 4.69) is 0 Å². The number of hydrogen-bond donors (Lipinski definition) is 0. The minimum atomic E-state index is -0.229. The lowest BCUT2D eigenvalue weighted by atomic mass is 9.77. The Morgan fingerprint density at radius 1 is 0.667 bits per heavy atom. The Bertz CT molecular complexity index is 745. The molecule has 0 amide bonds. The third-order valence-corrected chi connectivity index (χ3v) is 7.43. The maximum atomic E-state index is 13.5. The topological polar surface area (TPSA) is 17.1 Å². The van der Waals surface area contributed by atoms with Crippen molar-refractivity contribution in [1.29, 1.82) is 0 Å². The number of carbonyl (C=O) groups is 1. The van der Waals surface area contributed by atoms with E-state index in [-0.39, 0.29) is 29.3 Å². The molecule has 2 saturated carbocycles. The Morgan fingerprint density at radius 2 is 1.00 bits per heavy atom. The van der Waals surface area contributed by atoms with Gasteiger partial charge in [0.1, 0.15) is 17.4 Å². The van der Waals surface area contributed by atoms with Crippen molar-refractivity contribution in [2.75, 3.05) is 0 Å². The Balaban J connectivity index is 1.51. The molecule has 2 aromatic carbocycles. The summed E-state index contributed by atoms with van der Waals surface area (Å²) in [6, 6.07) is 13.5. The van der Waals surface area contributed by atoms with Crippen LogP contribution in [0, 0.1) is 23.5 Å². The van der Waals surface area contributed by atoms with Crippen molar-refractivity contribution in [2.24, 2.45) is 11.8 Å². The van der Waals surface area contributed by atoms with Crippen LogP contribution in [0.1, 0.15) is 87.2 Å². The zero-order valence-corrected chi connectivity index (χ0v) is 17.7. The van der Waals surface area contributed by atoms with Gasteiger partial charge in [-0.2, -0.15) is 0 Å². The van der Waals surface area contributed by atoms with Crippen LogP contribution < -0.4 is 0 Å². The van der Waals surface area contributed by atoms with Gasteiger partial charge in [-0.1, -0.05) is 49.9 Å². The van der Waals surface area contributed by atoms with E-state index in [9.17, 15) is 13.6 Å². The molecule has 2 fully saturated rings. The average Bonchev–Trinajstić information content (AvgIpc) is 3.46. The fourth-order valence-corrected chi connectivity index (χ4v) is 5.83. The van der Waals surface area contributed by atoms with Crippen LogP contribution in [0.3, 0.4) is 0 Å². The maximum Gasteiger partial charge on any atom is 0.134 e. The zero-order valence-electron chi connectivity index (χ0n) is 17.7. The van der Waals surface area contributed by atoms with Gasteiger partial charge in [0.15, 0.2) is 0 Å².